The van der Waals surface area contributed by atoms with Crippen molar-refractivity contribution in [3.8, 4) is 11.1 Å². The van der Waals surface area contributed by atoms with Crippen LogP contribution in [0.4, 0.5) is 10.6 Å². The third-order valence-corrected chi connectivity index (χ3v) is 10.4. The molecule has 0 saturated carbocycles. The van der Waals surface area contributed by atoms with Crippen LogP contribution in [-0.2, 0) is 36.7 Å². The predicted octanol–water partition coefficient (Wildman–Crippen LogP) is 7.00. The standard InChI is InChI=1S/C41H42N4O5S/c46-39(47)27-36(35-22-20-34(21-23-35)33-17-8-3-9-18-33)44-40(48)37(45-41(49)50-26-12-25-43-38-19-10-11-24-42-38)30-51(28-31-13-4-1-5-14-31)29-32-15-6-2-7-16-32/h1-11,13-24,36-37H,12,25-30H2,(H3-,42,43,44,45,46,47,48,49)/p+1. The fraction of sp³-hybridized carbons (Fsp3) is 0.220. The number of hydrogen-bond acceptors (Lipinski definition) is 6. The molecule has 4 N–H and O–H groups in total. The number of carbonyl (C=O) groups excluding carboxylic acids is 2. The molecule has 2 unspecified atom stereocenters. The summed E-state index contributed by atoms with van der Waals surface area (Å²) in [7, 11) is -0.382. The molecule has 0 saturated heterocycles. The number of nitrogens with zero attached hydrogens (tertiary/aromatic N) is 1. The maximum atomic E-state index is 14.1. The number of nitrogens with one attached hydrogen (secondary N) is 3. The highest BCUT2D eigenvalue weighted by molar-refractivity contribution is 7.95. The molecule has 10 heteroatoms. The highest BCUT2D eigenvalue weighted by Gasteiger charge is 2.33. The first-order valence-electron chi connectivity index (χ1n) is 16.9. The third kappa shape index (κ3) is 12.3. The Morgan fingerprint density at radius 3 is 1.88 bits per heavy atom. The molecule has 0 radical (unpaired) electrons. The van der Waals surface area contributed by atoms with E-state index in [-0.39, 0.29) is 23.9 Å². The first kappa shape index (κ1) is 36.7. The van der Waals surface area contributed by atoms with Gasteiger partial charge < -0.3 is 25.8 Å². The number of carboxylic acids is 1. The molecule has 0 bridgehead atoms. The van der Waals surface area contributed by atoms with Crippen molar-refractivity contribution in [2.45, 2.75) is 36.4 Å². The maximum absolute atomic E-state index is 14.1. The van der Waals surface area contributed by atoms with E-state index in [9.17, 15) is 19.5 Å². The smallest absolute Gasteiger partial charge is 0.407 e. The molecule has 4 aromatic carbocycles. The fourth-order valence-electron chi connectivity index (χ4n) is 5.55. The minimum Gasteiger partial charge on any atom is -0.481 e. The Morgan fingerprint density at radius 2 is 1.29 bits per heavy atom. The molecule has 5 aromatic rings. The van der Waals surface area contributed by atoms with Gasteiger partial charge in [0.2, 0.25) is 5.91 Å². The fourth-order valence-corrected chi connectivity index (χ4v) is 7.92. The van der Waals surface area contributed by atoms with Crippen LogP contribution in [0.3, 0.4) is 0 Å². The lowest BCUT2D eigenvalue weighted by Gasteiger charge is -2.23. The van der Waals surface area contributed by atoms with Gasteiger partial charge in [0.05, 0.1) is 19.1 Å². The van der Waals surface area contributed by atoms with Gasteiger partial charge in [-0.1, -0.05) is 121 Å². The second-order valence-corrected chi connectivity index (χ2v) is 14.1. The van der Waals surface area contributed by atoms with Crippen LogP contribution in [-0.4, -0.2) is 53.0 Å². The van der Waals surface area contributed by atoms with Crippen molar-refractivity contribution in [2.24, 2.45) is 0 Å². The molecule has 0 aliphatic rings. The first-order chi connectivity index (χ1) is 24.9. The molecule has 0 spiro atoms. The number of anilines is 1. The Kier molecular flexibility index (Phi) is 14.1. The van der Waals surface area contributed by atoms with Gasteiger partial charge in [0.1, 0.15) is 23.1 Å². The van der Waals surface area contributed by atoms with Crippen molar-refractivity contribution in [3.05, 3.63) is 156 Å². The number of aliphatic carboxylic acids is 1. The molecule has 2 amide bonds. The van der Waals surface area contributed by atoms with Crippen molar-refractivity contribution in [2.75, 3.05) is 24.2 Å². The summed E-state index contributed by atoms with van der Waals surface area (Å²) < 4.78 is 5.51. The maximum Gasteiger partial charge on any atom is 0.407 e. The minimum absolute atomic E-state index is 0.134. The Bertz CT molecular complexity index is 1760. The number of amides is 2. The minimum atomic E-state index is -1.05. The Labute approximate surface area is 301 Å². The predicted molar refractivity (Wildman–Crippen MR) is 203 cm³/mol. The van der Waals surface area contributed by atoms with Crippen molar-refractivity contribution in [1.82, 2.24) is 15.6 Å². The normalized spacial score (nSPS) is 12.0. The van der Waals surface area contributed by atoms with E-state index < -0.39 is 30.1 Å². The van der Waals surface area contributed by atoms with Crippen molar-refractivity contribution < 1.29 is 24.2 Å². The van der Waals surface area contributed by atoms with Crippen LogP contribution in [0.2, 0.25) is 0 Å². The second kappa shape index (κ2) is 19.5. The number of alkyl carbamates (subject to hydrolysis) is 1. The molecule has 262 valence electrons. The summed E-state index contributed by atoms with van der Waals surface area (Å²) in [6.07, 6.45) is 1.20. The van der Waals surface area contributed by atoms with Crippen LogP contribution < -0.4 is 16.0 Å². The average Bonchev–Trinajstić information content (AvgIpc) is 3.15. The first-order valence-corrected chi connectivity index (χ1v) is 18.6. The van der Waals surface area contributed by atoms with E-state index in [2.05, 4.69) is 45.2 Å². The molecule has 0 fully saturated rings. The molecule has 1 heterocycles. The lowest BCUT2D eigenvalue weighted by Crippen LogP contribution is -2.51. The van der Waals surface area contributed by atoms with Gasteiger partial charge in [-0.05, 0) is 46.1 Å². The van der Waals surface area contributed by atoms with E-state index >= 15 is 0 Å². The van der Waals surface area contributed by atoms with Crippen molar-refractivity contribution >= 4 is 34.7 Å². The highest BCUT2D eigenvalue weighted by atomic mass is 32.2. The quantitative estimate of drug-likeness (QED) is 0.0572. The van der Waals surface area contributed by atoms with Crippen LogP contribution in [0.15, 0.2) is 140 Å². The van der Waals surface area contributed by atoms with Gasteiger partial charge in [0.15, 0.2) is 6.04 Å². The monoisotopic (exact) mass is 703 g/mol. The summed E-state index contributed by atoms with van der Waals surface area (Å²) in [6, 6.07) is 41.3. The zero-order valence-corrected chi connectivity index (χ0v) is 29.1. The van der Waals surface area contributed by atoms with E-state index in [1.807, 2.05) is 109 Å². The summed E-state index contributed by atoms with van der Waals surface area (Å²) in [4.78, 5) is 43.5. The topological polar surface area (TPSA) is 130 Å². The average molecular weight is 704 g/mol. The largest absolute Gasteiger partial charge is 0.481 e. The molecule has 1 aromatic heterocycles. The van der Waals surface area contributed by atoms with Crippen LogP contribution in [0.5, 0.6) is 0 Å². The van der Waals surface area contributed by atoms with Crippen molar-refractivity contribution in [1.29, 1.82) is 0 Å². The molecule has 9 nitrogen and oxygen atoms in total. The molecular formula is C41H43N4O5S+. The second-order valence-electron chi connectivity index (χ2n) is 12.0. The molecular weight excluding hydrogens is 661 g/mol. The van der Waals surface area contributed by atoms with Crippen LogP contribution >= 0.6 is 0 Å². The van der Waals surface area contributed by atoms with E-state index in [4.69, 9.17) is 4.74 Å². The number of aromatic nitrogens is 1. The number of carbonyl (C=O) groups is 3. The van der Waals surface area contributed by atoms with Gasteiger partial charge in [-0.2, -0.15) is 0 Å². The van der Waals surface area contributed by atoms with E-state index in [1.54, 1.807) is 6.20 Å². The number of rotatable bonds is 18. The number of pyridine rings is 1. The van der Waals surface area contributed by atoms with Gasteiger partial charge >= 0.3 is 12.1 Å². The van der Waals surface area contributed by atoms with Gasteiger partial charge in [0, 0.05) is 23.9 Å². The number of hydrogen-bond donors (Lipinski definition) is 4. The van der Waals surface area contributed by atoms with Crippen molar-refractivity contribution in [3.63, 3.8) is 0 Å². The Morgan fingerprint density at radius 1 is 0.706 bits per heavy atom. The van der Waals surface area contributed by atoms with E-state index in [0.717, 1.165) is 28.1 Å². The van der Waals surface area contributed by atoms with Gasteiger partial charge in [-0.3, -0.25) is 9.59 Å². The van der Waals surface area contributed by atoms with Crippen LogP contribution in [0, 0.1) is 0 Å². The number of carboxylic acid groups (broad SMARTS) is 1. The molecule has 0 aliphatic heterocycles. The Balaban J connectivity index is 1.32. The summed E-state index contributed by atoms with van der Waals surface area (Å²) in [6.45, 7) is 0.681. The van der Waals surface area contributed by atoms with Crippen LogP contribution in [0.1, 0.15) is 35.6 Å². The molecule has 5 rings (SSSR count). The third-order valence-electron chi connectivity index (χ3n) is 8.08. The number of benzene rings is 4. The summed E-state index contributed by atoms with van der Waals surface area (Å²) >= 11 is 0. The molecule has 0 aliphatic carbocycles. The Hall–Kier alpha value is -5.61. The highest BCUT2D eigenvalue weighted by Crippen LogP contribution is 2.24. The summed E-state index contributed by atoms with van der Waals surface area (Å²) in [5.41, 5.74) is 4.91. The van der Waals surface area contributed by atoms with Gasteiger partial charge in [-0.15, -0.1) is 0 Å². The van der Waals surface area contributed by atoms with Crippen LogP contribution in [0.25, 0.3) is 11.1 Å². The molecule has 2 atom stereocenters. The zero-order chi connectivity index (χ0) is 35.7. The summed E-state index contributed by atoms with van der Waals surface area (Å²) in [5.74, 6) is 0.945. The van der Waals surface area contributed by atoms with Gasteiger partial charge in [-0.25, -0.2) is 9.78 Å². The summed E-state index contributed by atoms with van der Waals surface area (Å²) in [5, 5.41) is 18.8. The zero-order valence-electron chi connectivity index (χ0n) is 28.3. The van der Waals surface area contributed by atoms with Gasteiger partial charge in [0.25, 0.3) is 0 Å². The number of ether oxygens (including phenoxy) is 1. The molecule has 51 heavy (non-hydrogen) atoms. The van der Waals surface area contributed by atoms with E-state index in [0.29, 0.717) is 35.8 Å². The lowest BCUT2D eigenvalue weighted by molar-refractivity contribution is -0.137. The van der Waals surface area contributed by atoms with E-state index in [1.165, 1.54) is 0 Å². The lowest BCUT2D eigenvalue weighted by atomic mass is 9.99. The SMILES string of the molecule is O=C(O)CC(NC(=O)C(C[S+](Cc1ccccc1)Cc1ccccc1)NC(=O)OCCCNc1ccccn1)c1ccc(-c2ccccc2)cc1.